The van der Waals surface area contributed by atoms with Gasteiger partial charge in [0.2, 0.25) is 5.91 Å². The smallest absolute Gasteiger partial charge is 0.242 e. The van der Waals surface area contributed by atoms with Gasteiger partial charge in [0, 0.05) is 5.56 Å². The van der Waals surface area contributed by atoms with E-state index < -0.39 is 0 Å². The Morgan fingerprint density at radius 2 is 2.50 bits per heavy atom. The average Bonchev–Trinajstić information content (AvgIpc) is 2.86. The number of rotatable bonds is 3. The molecule has 1 aromatic rings. The highest BCUT2D eigenvalue weighted by atomic mass is 16.2. The zero-order chi connectivity index (χ0) is 11.5. The van der Waals surface area contributed by atoms with Crippen molar-refractivity contribution in [2.24, 2.45) is 5.92 Å². The van der Waals surface area contributed by atoms with E-state index in [0.717, 1.165) is 30.8 Å². The molecule has 0 radical (unpaired) electrons. The molecule has 1 saturated heterocycles. The summed E-state index contributed by atoms with van der Waals surface area (Å²) < 4.78 is 0. The Morgan fingerprint density at radius 3 is 3.12 bits per heavy atom. The van der Waals surface area contributed by atoms with Crippen LogP contribution in [0.2, 0.25) is 0 Å². The zero-order valence-corrected chi connectivity index (χ0v) is 9.71. The highest BCUT2D eigenvalue weighted by Gasteiger charge is 2.29. The molecule has 2 atom stereocenters. The van der Waals surface area contributed by atoms with Crippen LogP contribution in [0.1, 0.15) is 25.8 Å². The predicted molar refractivity (Wildman–Crippen MR) is 62.2 cm³/mol. The van der Waals surface area contributed by atoms with Gasteiger partial charge in [0.25, 0.3) is 0 Å². The molecule has 1 aromatic heterocycles. The lowest BCUT2D eigenvalue weighted by Crippen LogP contribution is -2.39. The van der Waals surface area contributed by atoms with Gasteiger partial charge in [-0.15, -0.1) is 0 Å². The Labute approximate surface area is 95.0 Å². The van der Waals surface area contributed by atoms with Gasteiger partial charge in [-0.2, -0.15) is 5.10 Å². The number of carbonyl (C=O) groups excluding carboxylic acids is 1. The van der Waals surface area contributed by atoms with Crippen LogP contribution in [0.5, 0.6) is 0 Å². The average molecular weight is 222 g/mol. The fourth-order valence-electron chi connectivity index (χ4n) is 2.07. The minimum Gasteiger partial charge on any atom is -0.309 e. The van der Waals surface area contributed by atoms with E-state index in [2.05, 4.69) is 27.8 Å². The van der Waals surface area contributed by atoms with Gasteiger partial charge < -0.3 is 10.6 Å². The molecule has 1 aliphatic heterocycles. The molecule has 2 unspecified atom stereocenters. The minimum atomic E-state index is -0.0759. The van der Waals surface area contributed by atoms with Gasteiger partial charge in [-0.05, 0) is 25.3 Å². The summed E-state index contributed by atoms with van der Waals surface area (Å²) in [5.41, 5.74) is 1.04. The Bertz CT molecular complexity index is 374. The number of aromatic nitrogens is 2. The molecule has 1 fully saturated rings. The van der Waals surface area contributed by atoms with Crippen molar-refractivity contribution in [3.63, 3.8) is 0 Å². The molecule has 0 spiro atoms. The second-order valence-electron chi connectivity index (χ2n) is 4.31. The number of H-pyrrole nitrogens is 1. The summed E-state index contributed by atoms with van der Waals surface area (Å²) in [5, 5.41) is 12.9. The molecule has 3 N–H and O–H groups in total. The van der Waals surface area contributed by atoms with E-state index >= 15 is 0 Å². The second-order valence-corrected chi connectivity index (χ2v) is 4.31. The van der Waals surface area contributed by atoms with Crippen molar-refractivity contribution in [2.75, 3.05) is 11.9 Å². The SMILES string of the molecule is CCc1cn[nH]c1NC(=O)C1NCCC1C. The van der Waals surface area contributed by atoms with Crippen LogP contribution >= 0.6 is 0 Å². The number of hydrogen-bond acceptors (Lipinski definition) is 3. The largest absolute Gasteiger partial charge is 0.309 e. The zero-order valence-electron chi connectivity index (χ0n) is 9.71. The molecule has 0 bridgehead atoms. The van der Waals surface area contributed by atoms with Crippen LogP contribution < -0.4 is 10.6 Å². The van der Waals surface area contributed by atoms with Crippen molar-refractivity contribution < 1.29 is 4.79 Å². The fourth-order valence-corrected chi connectivity index (χ4v) is 2.07. The van der Waals surface area contributed by atoms with Crippen LogP contribution in [0.4, 0.5) is 5.82 Å². The summed E-state index contributed by atoms with van der Waals surface area (Å²) in [5.74, 6) is 1.16. The monoisotopic (exact) mass is 222 g/mol. The van der Waals surface area contributed by atoms with Gasteiger partial charge in [-0.3, -0.25) is 9.89 Å². The quantitative estimate of drug-likeness (QED) is 0.712. The van der Waals surface area contributed by atoms with E-state index in [1.54, 1.807) is 6.20 Å². The molecule has 2 heterocycles. The molecule has 2 rings (SSSR count). The van der Waals surface area contributed by atoms with E-state index in [4.69, 9.17) is 0 Å². The lowest BCUT2D eigenvalue weighted by molar-refractivity contribution is -0.118. The molecular weight excluding hydrogens is 204 g/mol. The van der Waals surface area contributed by atoms with Crippen LogP contribution in [0.3, 0.4) is 0 Å². The summed E-state index contributed by atoms with van der Waals surface area (Å²) in [4.78, 5) is 12.0. The number of nitrogens with one attached hydrogen (secondary N) is 3. The third kappa shape index (κ3) is 2.09. The van der Waals surface area contributed by atoms with Gasteiger partial charge in [0.05, 0.1) is 12.2 Å². The van der Waals surface area contributed by atoms with Crippen molar-refractivity contribution in [2.45, 2.75) is 32.7 Å². The lowest BCUT2D eigenvalue weighted by Gasteiger charge is -2.15. The van der Waals surface area contributed by atoms with Crippen molar-refractivity contribution in [1.29, 1.82) is 0 Å². The molecule has 88 valence electrons. The first-order valence-corrected chi connectivity index (χ1v) is 5.79. The molecule has 1 aliphatic rings. The molecule has 0 aromatic carbocycles. The van der Waals surface area contributed by atoms with Crippen molar-refractivity contribution in [1.82, 2.24) is 15.5 Å². The molecule has 5 nitrogen and oxygen atoms in total. The highest BCUT2D eigenvalue weighted by Crippen LogP contribution is 2.17. The topological polar surface area (TPSA) is 69.8 Å². The van der Waals surface area contributed by atoms with E-state index in [-0.39, 0.29) is 11.9 Å². The van der Waals surface area contributed by atoms with Crippen molar-refractivity contribution in [3.05, 3.63) is 11.8 Å². The first kappa shape index (κ1) is 11.1. The molecule has 16 heavy (non-hydrogen) atoms. The maximum Gasteiger partial charge on any atom is 0.242 e. The van der Waals surface area contributed by atoms with Crippen molar-refractivity contribution >= 4 is 11.7 Å². The third-order valence-corrected chi connectivity index (χ3v) is 3.16. The summed E-state index contributed by atoms with van der Waals surface area (Å²) in [6.07, 6.45) is 3.67. The van der Waals surface area contributed by atoms with Gasteiger partial charge in [0.1, 0.15) is 5.82 Å². The lowest BCUT2D eigenvalue weighted by atomic mass is 10.0. The Morgan fingerprint density at radius 1 is 1.69 bits per heavy atom. The summed E-state index contributed by atoms with van der Waals surface area (Å²) in [7, 11) is 0. The second kappa shape index (κ2) is 4.65. The number of aromatic amines is 1. The number of anilines is 1. The minimum absolute atomic E-state index is 0.0314. The molecule has 1 amide bonds. The summed E-state index contributed by atoms with van der Waals surface area (Å²) in [6, 6.07) is -0.0759. The molecule has 5 heteroatoms. The summed E-state index contributed by atoms with van der Waals surface area (Å²) in [6.45, 7) is 5.05. The van der Waals surface area contributed by atoms with E-state index in [0.29, 0.717) is 5.92 Å². The standard InChI is InChI=1S/C11H18N4O/c1-3-8-6-13-15-10(8)14-11(16)9-7(2)4-5-12-9/h6-7,9,12H,3-5H2,1-2H3,(H2,13,14,15,16). The normalized spacial score (nSPS) is 24.6. The first-order chi connectivity index (χ1) is 7.72. The van der Waals surface area contributed by atoms with E-state index in [1.165, 1.54) is 0 Å². The summed E-state index contributed by atoms with van der Waals surface area (Å²) >= 11 is 0. The predicted octanol–water partition coefficient (Wildman–Crippen LogP) is 0.909. The van der Waals surface area contributed by atoms with E-state index in [1.807, 2.05) is 6.92 Å². The number of amides is 1. The molecule has 0 aliphatic carbocycles. The van der Waals surface area contributed by atoms with Gasteiger partial charge >= 0.3 is 0 Å². The number of hydrogen-bond donors (Lipinski definition) is 3. The number of carbonyl (C=O) groups is 1. The van der Waals surface area contributed by atoms with Crippen LogP contribution in [0, 0.1) is 5.92 Å². The van der Waals surface area contributed by atoms with Gasteiger partial charge in [0.15, 0.2) is 0 Å². The van der Waals surface area contributed by atoms with Crippen LogP contribution in [0.15, 0.2) is 6.20 Å². The maximum atomic E-state index is 12.0. The highest BCUT2D eigenvalue weighted by molar-refractivity contribution is 5.95. The van der Waals surface area contributed by atoms with Crippen LogP contribution in [-0.4, -0.2) is 28.7 Å². The third-order valence-electron chi connectivity index (χ3n) is 3.16. The number of aryl methyl sites for hydroxylation is 1. The van der Waals surface area contributed by atoms with E-state index in [9.17, 15) is 4.79 Å². The Balaban J connectivity index is 2.02. The number of nitrogens with zero attached hydrogens (tertiary/aromatic N) is 1. The maximum absolute atomic E-state index is 12.0. The molecule has 0 saturated carbocycles. The Kier molecular flexibility index (Phi) is 3.24. The Hall–Kier alpha value is -1.36. The van der Waals surface area contributed by atoms with Crippen LogP contribution in [-0.2, 0) is 11.2 Å². The van der Waals surface area contributed by atoms with Crippen molar-refractivity contribution in [3.8, 4) is 0 Å². The fraction of sp³-hybridized carbons (Fsp3) is 0.636. The van der Waals surface area contributed by atoms with Crippen LogP contribution in [0.25, 0.3) is 0 Å². The van der Waals surface area contributed by atoms with Gasteiger partial charge in [-0.1, -0.05) is 13.8 Å². The molecular formula is C11H18N4O. The first-order valence-electron chi connectivity index (χ1n) is 5.79. The van der Waals surface area contributed by atoms with Gasteiger partial charge in [-0.25, -0.2) is 0 Å².